The molecule has 6 heteroatoms. The van der Waals surface area contributed by atoms with E-state index in [-0.39, 0.29) is 23.3 Å². The predicted molar refractivity (Wildman–Crippen MR) is 70.9 cm³/mol. The summed E-state index contributed by atoms with van der Waals surface area (Å²) >= 11 is 0. The van der Waals surface area contributed by atoms with E-state index in [0.29, 0.717) is 13.0 Å². The molecule has 104 valence electrons. The van der Waals surface area contributed by atoms with Gasteiger partial charge < -0.3 is 10.4 Å². The summed E-state index contributed by atoms with van der Waals surface area (Å²) in [6, 6.07) is 5.83. The maximum absolute atomic E-state index is 11.9. The SMILES string of the molecule is CC(C)(CCO)CNC(=O)c1ccccc1[N+](=O)[O-]. The van der Waals surface area contributed by atoms with Crippen molar-refractivity contribution in [2.24, 2.45) is 5.41 Å². The van der Waals surface area contributed by atoms with Crippen LogP contribution in [0.4, 0.5) is 5.69 Å². The fourth-order valence-electron chi connectivity index (χ4n) is 1.63. The van der Waals surface area contributed by atoms with Gasteiger partial charge in [0, 0.05) is 19.2 Å². The highest BCUT2D eigenvalue weighted by Crippen LogP contribution is 2.20. The Kier molecular flexibility index (Phi) is 5.00. The first kappa shape index (κ1) is 15.1. The van der Waals surface area contributed by atoms with Crippen LogP contribution in [0.25, 0.3) is 0 Å². The van der Waals surface area contributed by atoms with Crippen LogP contribution in [0.3, 0.4) is 0 Å². The Labute approximate surface area is 111 Å². The highest BCUT2D eigenvalue weighted by Gasteiger charge is 2.22. The smallest absolute Gasteiger partial charge is 0.282 e. The molecular weight excluding hydrogens is 248 g/mol. The number of nitro groups is 1. The Morgan fingerprint density at radius 1 is 1.42 bits per heavy atom. The zero-order valence-electron chi connectivity index (χ0n) is 11.0. The molecule has 0 saturated carbocycles. The largest absolute Gasteiger partial charge is 0.396 e. The first-order chi connectivity index (χ1) is 8.87. The summed E-state index contributed by atoms with van der Waals surface area (Å²) in [4.78, 5) is 22.2. The quantitative estimate of drug-likeness (QED) is 0.605. The van der Waals surface area contributed by atoms with Crippen LogP contribution >= 0.6 is 0 Å². The minimum absolute atomic E-state index is 0.0361. The van der Waals surface area contributed by atoms with Gasteiger partial charge in [0.1, 0.15) is 5.56 Å². The van der Waals surface area contributed by atoms with Gasteiger partial charge in [0.05, 0.1) is 4.92 Å². The van der Waals surface area contributed by atoms with Crippen LogP contribution < -0.4 is 5.32 Å². The first-order valence-corrected chi connectivity index (χ1v) is 6.00. The molecule has 0 fully saturated rings. The lowest BCUT2D eigenvalue weighted by atomic mass is 9.89. The number of amides is 1. The molecule has 1 aromatic rings. The van der Waals surface area contributed by atoms with Crippen molar-refractivity contribution < 1.29 is 14.8 Å². The number of nitrogens with one attached hydrogen (secondary N) is 1. The lowest BCUT2D eigenvalue weighted by Gasteiger charge is -2.23. The van der Waals surface area contributed by atoms with Crippen molar-refractivity contribution in [2.45, 2.75) is 20.3 Å². The van der Waals surface area contributed by atoms with E-state index in [1.165, 1.54) is 18.2 Å². The number of para-hydroxylation sites is 1. The van der Waals surface area contributed by atoms with E-state index in [0.717, 1.165) is 0 Å². The van der Waals surface area contributed by atoms with Crippen LogP contribution in [0.2, 0.25) is 0 Å². The monoisotopic (exact) mass is 266 g/mol. The summed E-state index contributed by atoms with van der Waals surface area (Å²) in [5.41, 5.74) is -0.416. The number of hydrogen-bond acceptors (Lipinski definition) is 4. The molecule has 1 amide bonds. The minimum atomic E-state index is -0.576. The Hall–Kier alpha value is -1.95. The topological polar surface area (TPSA) is 92.5 Å². The lowest BCUT2D eigenvalue weighted by Crippen LogP contribution is -2.34. The average molecular weight is 266 g/mol. The summed E-state index contributed by atoms with van der Waals surface area (Å²) in [7, 11) is 0. The third-order valence-corrected chi connectivity index (χ3v) is 2.86. The molecule has 0 aliphatic rings. The van der Waals surface area contributed by atoms with Gasteiger partial charge in [-0.3, -0.25) is 14.9 Å². The molecule has 1 aromatic carbocycles. The molecule has 0 radical (unpaired) electrons. The highest BCUT2D eigenvalue weighted by molar-refractivity contribution is 5.98. The lowest BCUT2D eigenvalue weighted by molar-refractivity contribution is -0.385. The van der Waals surface area contributed by atoms with Gasteiger partial charge >= 0.3 is 0 Å². The Bertz CT molecular complexity index is 471. The molecule has 0 aromatic heterocycles. The van der Waals surface area contributed by atoms with E-state index >= 15 is 0 Å². The Balaban J connectivity index is 2.77. The molecule has 0 unspecified atom stereocenters. The van der Waals surface area contributed by atoms with E-state index < -0.39 is 10.8 Å². The van der Waals surface area contributed by atoms with Gasteiger partial charge in [0.2, 0.25) is 0 Å². The van der Waals surface area contributed by atoms with E-state index in [1.807, 2.05) is 13.8 Å². The molecule has 0 atom stereocenters. The molecular formula is C13H18N2O4. The summed E-state index contributed by atoms with van der Waals surface area (Å²) < 4.78 is 0. The third kappa shape index (κ3) is 4.33. The van der Waals surface area contributed by atoms with Gasteiger partial charge in [-0.15, -0.1) is 0 Å². The number of rotatable bonds is 6. The van der Waals surface area contributed by atoms with E-state index in [9.17, 15) is 14.9 Å². The second kappa shape index (κ2) is 6.29. The van der Waals surface area contributed by atoms with Crippen LogP contribution in [-0.2, 0) is 0 Å². The maximum atomic E-state index is 11.9. The van der Waals surface area contributed by atoms with E-state index in [2.05, 4.69) is 5.32 Å². The van der Waals surface area contributed by atoms with Gasteiger partial charge in [-0.1, -0.05) is 26.0 Å². The van der Waals surface area contributed by atoms with Gasteiger partial charge in [-0.05, 0) is 17.9 Å². The zero-order chi connectivity index (χ0) is 14.5. The summed E-state index contributed by atoms with van der Waals surface area (Å²) in [6.07, 6.45) is 0.546. The van der Waals surface area contributed by atoms with Crippen molar-refractivity contribution in [3.05, 3.63) is 39.9 Å². The molecule has 2 N–H and O–H groups in total. The van der Waals surface area contributed by atoms with Crippen LogP contribution in [-0.4, -0.2) is 29.1 Å². The molecule has 19 heavy (non-hydrogen) atoms. The number of carbonyl (C=O) groups is 1. The maximum Gasteiger partial charge on any atom is 0.282 e. The first-order valence-electron chi connectivity index (χ1n) is 6.00. The molecule has 0 spiro atoms. The molecule has 0 saturated heterocycles. The molecule has 0 bridgehead atoms. The zero-order valence-corrected chi connectivity index (χ0v) is 11.0. The molecule has 0 heterocycles. The summed E-state index contributed by atoms with van der Waals surface area (Å²) in [5.74, 6) is -0.474. The number of benzene rings is 1. The number of nitro benzene ring substituents is 1. The standard InChI is InChI=1S/C13H18N2O4/c1-13(2,7-8-16)9-14-12(17)10-5-3-4-6-11(10)15(18)19/h3-6,16H,7-9H2,1-2H3,(H,14,17). The fraction of sp³-hybridized carbons (Fsp3) is 0.462. The minimum Gasteiger partial charge on any atom is -0.396 e. The summed E-state index contributed by atoms with van der Waals surface area (Å²) in [5, 5.41) is 22.4. The number of aliphatic hydroxyl groups is 1. The number of carbonyl (C=O) groups excluding carboxylic acids is 1. The Morgan fingerprint density at radius 3 is 2.63 bits per heavy atom. The van der Waals surface area contributed by atoms with Gasteiger partial charge in [0.15, 0.2) is 0 Å². The Morgan fingerprint density at radius 2 is 2.05 bits per heavy atom. The van der Waals surface area contributed by atoms with Crippen molar-refractivity contribution in [1.82, 2.24) is 5.32 Å². The molecule has 0 aliphatic carbocycles. The normalized spacial score (nSPS) is 11.1. The number of hydrogen-bond donors (Lipinski definition) is 2. The second-order valence-electron chi connectivity index (χ2n) is 5.09. The van der Waals surface area contributed by atoms with Gasteiger partial charge in [0.25, 0.3) is 11.6 Å². The van der Waals surface area contributed by atoms with Crippen LogP contribution in [0.5, 0.6) is 0 Å². The average Bonchev–Trinajstić information content (AvgIpc) is 2.36. The van der Waals surface area contributed by atoms with Crippen LogP contribution in [0, 0.1) is 15.5 Å². The van der Waals surface area contributed by atoms with E-state index in [1.54, 1.807) is 6.07 Å². The molecule has 1 rings (SSSR count). The second-order valence-corrected chi connectivity index (χ2v) is 5.09. The number of aliphatic hydroxyl groups excluding tert-OH is 1. The third-order valence-electron chi connectivity index (χ3n) is 2.86. The van der Waals surface area contributed by atoms with Crippen molar-refractivity contribution in [3.8, 4) is 0 Å². The van der Waals surface area contributed by atoms with E-state index in [4.69, 9.17) is 5.11 Å². The van der Waals surface area contributed by atoms with Crippen molar-refractivity contribution in [2.75, 3.05) is 13.2 Å². The van der Waals surface area contributed by atoms with Gasteiger partial charge in [-0.2, -0.15) is 0 Å². The number of nitrogens with zero attached hydrogens (tertiary/aromatic N) is 1. The van der Waals surface area contributed by atoms with Crippen molar-refractivity contribution in [1.29, 1.82) is 0 Å². The van der Waals surface area contributed by atoms with Crippen LogP contribution in [0.15, 0.2) is 24.3 Å². The predicted octanol–water partition coefficient (Wildman–Crippen LogP) is 1.73. The van der Waals surface area contributed by atoms with Crippen molar-refractivity contribution in [3.63, 3.8) is 0 Å². The molecule has 6 nitrogen and oxygen atoms in total. The fourth-order valence-corrected chi connectivity index (χ4v) is 1.63. The highest BCUT2D eigenvalue weighted by atomic mass is 16.6. The molecule has 0 aliphatic heterocycles. The van der Waals surface area contributed by atoms with Gasteiger partial charge in [-0.25, -0.2) is 0 Å². The van der Waals surface area contributed by atoms with Crippen LogP contribution in [0.1, 0.15) is 30.6 Å². The summed E-state index contributed by atoms with van der Waals surface area (Å²) in [6.45, 7) is 4.19. The van der Waals surface area contributed by atoms with Crippen molar-refractivity contribution >= 4 is 11.6 Å².